The number of hydrogen-bond donors (Lipinski definition) is 0. The summed E-state index contributed by atoms with van der Waals surface area (Å²) in [5.41, 5.74) is -3.02. The molecule has 1 amide bonds. The molecule has 2 aromatic rings. The molecule has 1 fully saturated rings. The van der Waals surface area contributed by atoms with Gasteiger partial charge in [-0.2, -0.15) is 13.2 Å². The van der Waals surface area contributed by atoms with Crippen LogP contribution >= 0.6 is 11.8 Å². The molecule has 0 aliphatic carbocycles. The average Bonchev–Trinajstić information content (AvgIpc) is 2.78. The number of halogens is 3. The lowest BCUT2D eigenvalue weighted by molar-refractivity contribution is -0.0328. The predicted molar refractivity (Wildman–Crippen MR) is 116 cm³/mol. The van der Waals surface area contributed by atoms with Gasteiger partial charge in [-0.05, 0) is 42.1 Å². The van der Waals surface area contributed by atoms with Gasteiger partial charge in [-0.15, -0.1) is 0 Å². The van der Waals surface area contributed by atoms with Crippen LogP contribution in [0.4, 0.5) is 13.2 Å². The average molecular weight is 471 g/mol. The summed E-state index contributed by atoms with van der Waals surface area (Å²) in [5, 5.41) is 0. The number of rotatable bonds is 7. The Morgan fingerprint density at radius 3 is 2.06 bits per heavy atom. The highest BCUT2D eigenvalue weighted by molar-refractivity contribution is 8.00. The number of nitrogens with zero attached hydrogens (tertiary/aromatic N) is 2. The van der Waals surface area contributed by atoms with Crippen LogP contribution in [0.1, 0.15) is 15.9 Å². The predicted octanol–water partition coefficient (Wildman–Crippen LogP) is 4.28. The summed E-state index contributed by atoms with van der Waals surface area (Å²) in [6.45, 7) is 2.98. The topological polar surface area (TPSA) is 51.2 Å². The Kier molecular flexibility index (Phi) is 7.78. The summed E-state index contributed by atoms with van der Waals surface area (Å²) in [6, 6.07) is 9.29. The second-order valence-corrected chi connectivity index (χ2v) is 8.27. The van der Waals surface area contributed by atoms with Gasteiger partial charge in [0.15, 0.2) is 11.5 Å². The second-order valence-electron chi connectivity index (χ2n) is 7.13. The first-order valence-corrected chi connectivity index (χ1v) is 10.7. The molecule has 10 heteroatoms. The maximum atomic E-state index is 12.7. The zero-order chi connectivity index (χ0) is 23.3. The Morgan fingerprint density at radius 2 is 1.53 bits per heavy atom. The third-order valence-corrected chi connectivity index (χ3v) is 5.91. The van der Waals surface area contributed by atoms with E-state index in [-0.39, 0.29) is 22.6 Å². The fourth-order valence-electron chi connectivity index (χ4n) is 3.62. The van der Waals surface area contributed by atoms with Crippen LogP contribution in [0.3, 0.4) is 0 Å². The minimum absolute atomic E-state index is 0.0581. The van der Waals surface area contributed by atoms with Gasteiger partial charge in [-0.3, -0.25) is 9.69 Å². The summed E-state index contributed by atoms with van der Waals surface area (Å²) in [4.78, 5) is 16.7. The van der Waals surface area contributed by atoms with E-state index >= 15 is 0 Å². The largest absolute Gasteiger partial charge is 0.493 e. The van der Waals surface area contributed by atoms with E-state index < -0.39 is 5.51 Å². The molecule has 0 unspecified atom stereocenters. The molecule has 0 bridgehead atoms. The lowest BCUT2D eigenvalue weighted by Crippen LogP contribution is -2.48. The minimum Gasteiger partial charge on any atom is -0.493 e. The Labute approximate surface area is 189 Å². The maximum Gasteiger partial charge on any atom is 0.446 e. The van der Waals surface area contributed by atoms with Crippen molar-refractivity contribution in [3.05, 3.63) is 47.5 Å². The minimum atomic E-state index is -4.35. The van der Waals surface area contributed by atoms with Gasteiger partial charge in [-0.1, -0.05) is 6.07 Å². The van der Waals surface area contributed by atoms with E-state index in [1.807, 2.05) is 12.1 Å². The summed E-state index contributed by atoms with van der Waals surface area (Å²) < 4.78 is 53.7. The van der Waals surface area contributed by atoms with Crippen LogP contribution in [0.25, 0.3) is 0 Å². The Morgan fingerprint density at radius 1 is 0.906 bits per heavy atom. The molecular formula is C22H25F3N2O4S. The molecule has 3 rings (SSSR count). The van der Waals surface area contributed by atoms with E-state index in [9.17, 15) is 18.0 Å². The van der Waals surface area contributed by atoms with Crippen molar-refractivity contribution in [1.29, 1.82) is 0 Å². The SMILES string of the molecule is COc1ccc(CN2CCN(C(=O)c3ccc(SC(F)(F)F)cc3)CC2)c(OC)c1OC. The fraction of sp³-hybridized carbons (Fsp3) is 0.409. The van der Waals surface area contributed by atoms with Crippen molar-refractivity contribution in [3.63, 3.8) is 0 Å². The Balaban J connectivity index is 1.60. The maximum absolute atomic E-state index is 12.7. The normalized spacial score (nSPS) is 14.9. The van der Waals surface area contributed by atoms with Crippen molar-refractivity contribution in [2.45, 2.75) is 16.9 Å². The highest BCUT2D eigenvalue weighted by atomic mass is 32.2. The molecule has 1 aliphatic rings. The molecule has 2 aromatic carbocycles. The quantitative estimate of drug-likeness (QED) is 0.563. The Hall–Kier alpha value is -2.59. The number of carbonyl (C=O) groups excluding carboxylic acids is 1. The van der Waals surface area contributed by atoms with Crippen LogP contribution in [-0.2, 0) is 6.54 Å². The van der Waals surface area contributed by atoms with E-state index in [1.54, 1.807) is 26.2 Å². The number of alkyl halides is 3. The zero-order valence-electron chi connectivity index (χ0n) is 18.1. The third kappa shape index (κ3) is 5.80. The van der Waals surface area contributed by atoms with Crippen LogP contribution in [0, 0.1) is 0 Å². The highest BCUT2D eigenvalue weighted by Crippen LogP contribution is 2.40. The summed E-state index contributed by atoms with van der Waals surface area (Å²) in [7, 11) is 4.70. The van der Waals surface area contributed by atoms with Crippen molar-refractivity contribution < 1.29 is 32.2 Å². The van der Waals surface area contributed by atoms with Crippen molar-refractivity contribution in [3.8, 4) is 17.2 Å². The number of methoxy groups -OCH3 is 3. The van der Waals surface area contributed by atoms with Crippen LogP contribution in [-0.4, -0.2) is 68.7 Å². The van der Waals surface area contributed by atoms with Gasteiger partial charge >= 0.3 is 5.51 Å². The molecule has 6 nitrogen and oxygen atoms in total. The first-order chi connectivity index (χ1) is 15.3. The number of carbonyl (C=O) groups is 1. The monoisotopic (exact) mass is 470 g/mol. The lowest BCUT2D eigenvalue weighted by Gasteiger charge is -2.35. The first-order valence-electron chi connectivity index (χ1n) is 9.91. The molecule has 1 heterocycles. The molecule has 0 spiro atoms. The summed E-state index contributed by atoms with van der Waals surface area (Å²) in [6.07, 6.45) is 0. The number of amides is 1. The van der Waals surface area contributed by atoms with Gasteiger partial charge in [-0.25, -0.2) is 0 Å². The van der Waals surface area contributed by atoms with Crippen LogP contribution in [0.2, 0.25) is 0 Å². The molecule has 32 heavy (non-hydrogen) atoms. The van der Waals surface area contributed by atoms with Crippen LogP contribution < -0.4 is 14.2 Å². The van der Waals surface area contributed by atoms with Crippen molar-refractivity contribution in [2.75, 3.05) is 47.5 Å². The number of ether oxygens (including phenoxy) is 3. The standard InChI is InChI=1S/C22H25F3N2O4S/c1-29-18-9-6-16(19(30-2)20(18)31-3)14-26-10-12-27(13-11-26)21(28)15-4-7-17(8-5-15)32-22(23,24)25/h4-9H,10-14H2,1-3H3. The molecule has 0 N–H and O–H groups in total. The van der Waals surface area contributed by atoms with Gasteiger partial charge < -0.3 is 19.1 Å². The third-order valence-electron chi connectivity index (χ3n) is 5.17. The van der Waals surface area contributed by atoms with Crippen molar-refractivity contribution in [1.82, 2.24) is 9.80 Å². The summed E-state index contributed by atoms with van der Waals surface area (Å²) >= 11 is -0.193. The lowest BCUT2D eigenvalue weighted by atomic mass is 10.1. The molecule has 174 valence electrons. The van der Waals surface area contributed by atoms with E-state index in [2.05, 4.69) is 4.90 Å². The van der Waals surface area contributed by atoms with Crippen LogP contribution in [0.5, 0.6) is 17.2 Å². The van der Waals surface area contributed by atoms with E-state index in [4.69, 9.17) is 14.2 Å². The summed E-state index contributed by atoms with van der Waals surface area (Å²) in [5.74, 6) is 1.55. The van der Waals surface area contributed by atoms with E-state index in [0.29, 0.717) is 55.5 Å². The van der Waals surface area contributed by atoms with Crippen molar-refractivity contribution >= 4 is 17.7 Å². The van der Waals surface area contributed by atoms with Gasteiger partial charge in [0, 0.05) is 48.7 Å². The molecule has 0 aromatic heterocycles. The van der Waals surface area contributed by atoms with Gasteiger partial charge in [0.2, 0.25) is 5.75 Å². The molecule has 0 saturated carbocycles. The van der Waals surface area contributed by atoms with Gasteiger partial charge in [0.1, 0.15) is 0 Å². The zero-order valence-corrected chi connectivity index (χ0v) is 18.9. The Bertz CT molecular complexity index is 930. The highest BCUT2D eigenvalue weighted by Gasteiger charge is 2.29. The van der Waals surface area contributed by atoms with E-state index in [0.717, 1.165) is 5.56 Å². The molecule has 1 saturated heterocycles. The molecule has 1 aliphatic heterocycles. The first kappa shape index (κ1) is 24.1. The smallest absolute Gasteiger partial charge is 0.446 e. The van der Waals surface area contributed by atoms with Crippen LogP contribution in [0.15, 0.2) is 41.3 Å². The number of piperazine rings is 1. The fourth-order valence-corrected chi connectivity index (χ4v) is 4.16. The molecular weight excluding hydrogens is 445 g/mol. The van der Waals surface area contributed by atoms with Gasteiger partial charge in [0.25, 0.3) is 5.91 Å². The number of thioether (sulfide) groups is 1. The molecule has 0 atom stereocenters. The molecule has 0 radical (unpaired) electrons. The van der Waals surface area contributed by atoms with Gasteiger partial charge in [0.05, 0.1) is 21.3 Å². The number of hydrogen-bond acceptors (Lipinski definition) is 6. The number of benzene rings is 2. The second kappa shape index (κ2) is 10.4. The van der Waals surface area contributed by atoms with Crippen molar-refractivity contribution in [2.24, 2.45) is 0 Å². The van der Waals surface area contributed by atoms with E-state index in [1.165, 1.54) is 24.3 Å².